The molecule has 0 saturated carbocycles. The van der Waals surface area contributed by atoms with E-state index in [1.807, 2.05) is 0 Å². The van der Waals surface area contributed by atoms with E-state index in [-0.39, 0.29) is 29.3 Å². The smallest absolute Gasteiger partial charge is 0.374 e. The Morgan fingerprint density at radius 2 is 2.11 bits per heavy atom. The first-order valence-corrected chi connectivity index (χ1v) is 8.71. The Kier molecular flexibility index (Phi) is 4.28. The van der Waals surface area contributed by atoms with Gasteiger partial charge in [-0.3, -0.25) is 4.79 Å². The van der Waals surface area contributed by atoms with Crippen LogP contribution < -0.4 is 5.56 Å². The van der Waals surface area contributed by atoms with Crippen LogP contribution in [0.15, 0.2) is 51.7 Å². The van der Waals surface area contributed by atoms with E-state index < -0.39 is 11.8 Å². The number of carbonyl (C=O) groups is 1. The zero-order valence-corrected chi connectivity index (χ0v) is 14.8. The maximum atomic E-state index is 13.8. The summed E-state index contributed by atoms with van der Waals surface area (Å²) in [6.45, 7) is 1.58. The molecule has 0 radical (unpaired) electrons. The van der Waals surface area contributed by atoms with Gasteiger partial charge in [0.05, 0.1) is 5.56 Å². The highest BCUT2D eigenvalue weighted by molar-refractivity contribution is 7.16. The Morgan fingerprint density at radius 1 is 1.30 bits per heavy atom. The highest BCUT2D eigenvalue weighted by Crippen LogP contribution is 2.25. The zero-order valence-electron chi connectivity index (χ0n) is 14.0. The van der Waals surface area contributed by atoms with Crippen molar-refractivity contribution < 1.29 is 18.3 Å². The number of hydrogen-bond donors (Lipinski definition) is 0. The molecule has 0 atom stereocenters. The molecule has 4 rings (SSSR count). The SMILES string of the molecule is Cc1cc(=O)n2nc(COC(=O)c3ccc(-c4ccccc4F)o3)sc2n1. The molecular formula is C18H12FN3O4S. The number of hydrogen-bond acceptors (Lipinski definition) is 7. The fraction of sp³-hybridized carbons (Fsp3) is 0.111. The van der Waals surface area contributed by atoms with Crippen molar-refractivity contribution >= 4 is 22.3 Å². The quantitative estimate of drug-likeness (QED) is 0.502. The third-order valence-electron chi connectivity index (χ3n) is 3.69. The lowest BCUT2D eigenvalue weighted by Crippen LogP contribution is -2.14. The lowest BCUT2D eigenvalue weighted by atomic mass is 10.1. The van der Waals surface area contributed by atoms with Gasteiger partial charge in [-0.05, 0) is 31.2 Å². The molecule has 9 heteroatoms. The molecule has 0 aliphatic rings. The fourth-order valence-corrected chi connectivity index (χ4v) is 3.33. The average molecular weight is 385 g/mol. The van der Waals surface area contributed by atoms with Crippen LogP contribution in [0.5, 0.6) is 0 Å². The minimum Gasteiger partial charge on any atom is -0.452 e. The van der Waals surface area contributed by atoms with Gasteiger partial charge in [0.25, 0.3) is 5.56 Å². The van der Waals surface area contributed by atoms with Crippen molar-refractivity contribution in [2.24, 2.45) is 0 Å². The van der Waals surface area contributed by atoms with E-state index in [1.165, 1.54) is 24.3 Å². The molecule has 27 heavy (non-hydrogen) atoms. The van der Waals surface area contributed by atoms with E-state index in [0.29, 0.717) is 15.7 Å². The highest BCUT2D eigenvalue weighted by Gasteiger charge is 2.17. The van der Waals surface area contributed by atoms with Crippen molar-refractivity contribution in [3.8, 4) is 11.3 Å². The summed E-state index contributed by atoms with van der Waals surface area (Å²) in [5, 5.41) is 4.50. The molecule has 3 aromatic heterocycles. The summed E-state index contributed by atoms with van der Waals surface area (Å²) < 4.78 is 25.5. The summed E-state index contributed by atoms with van der Waals surface area (Å²) in [5.74, 6) is -0.991. The molecule has 1 aromatic carbocycles. The van der Waals surface area contributed by atoms with E-state index >= 15 is 0 Å². The van der Waals surface area contributed by atoms with Gasteiger partial charge < -0.3 is 9.15 Å². The summed E-state index contributed by atoms with van der Waals surface area (Å²) in [7, 11) is 0. The second-order valence-corrected chi connectivity index (χ2v) is 6.69. The molecule has 0 saturated heterocycles. The number of nitrogens with zero attached hydrogens (tertiary/aromatic N) is 3. The van der Waals surface area contributed by atoms with E-state index in [4.69, 9.17) is 9.15 Å². The highest BCUT2D eigenvalue weighted by atomic mass is 32.1. The molecule has 4 aromatic rings. The van der Waals surface area contributed by atoms with E-state index in [9.17, 15) is 14.0 Å². The number of fused-ring (bicyclic) bond motifs is 1. The number of aromatic nitrogens is 3. The molecule has 7 nitrogen and oxygen atoms in total. The lowest BCUT2D eigenvalue weighted by molar-refractivity contribution is 0.0436. The molecule has 0 bridgehead atoms. The van der Waals surface area contributed by atoms with Crippen LogP contribution in [-0.2, 0) is 11.3 Å². The van der Waals surface area contributed by atoms with E-state index in [0.717, 1.165) is 15.9 Å². The minimum atomic E-state index is -0.715. The summed E-state index contributed by atoms with van der Waals surface area (Å²) in [4.78, 5) is 28.7. The van der Waals surface area contributed by atoms with Crippen molar-refractivity contribution in [3.05, 3.63) is 75.1 Å². The van der Waals surface area contributed by atoms with Gasteiger partial charge in [0, 0.05) is 11.8 Å². The number of esters is 1. The average Bonchev–Trinajstić information content (AvgIpc) is 3.27. The van der Waals surface area contributed by atoms with Gasteiger partial charge in [-0.1, -0.05) is 23.5 Å². The zero-order chi connectivity index (χ0) is 19.0. The van der Waals surface area contributed by atoms with Crippen LogP contribution in [0.2, 0.25) is 0 Å². The second kappa shape index (κ2) is 6.76. The van der Waals surface area contributed by atoms with Crippen molar-refractivity contribution in [1.82, 2.24) is 14.6 Å². The van der Waals surface area contributed by atoms with Crippen molar-refractivity contribution in [2.75, 3.05) is 0 Å². The number of ether oxygens (including phenoxy) is 1. The Bertz CT molecular complexity index is 1210. The van der Waals surface area contributed by atoms with E-state index in [1.54, 1.807) is 25.1 Å². The topological polar surface area (TPSA) is 86.7 Å². The standard InChI is InChI=1S/C18H12FN3O4S/c1-10-8-16(23)22-18(20-10)27-15(21-22)9-25-17(24)14-7-6-13(26-14)11-4-2-3-5-12(11)19/h2-8H,9H2,1H3. The Morgan fingerprint density at radius 3 is 2.93 bits per heavy atom. The first kappa shape index (κ1) is 17.1. The summed E-state index contributed by atoms with van der Waals surface area (Å²) in [5.41, 5.74) is 0.541. The van der Waals surface area contributed by atoms with Gasteiger partial charge in [0.2, 0.25) is 10.7 Å². The van der Waals surface area contributed by atoms with Crippen LogP contribution in [0.1, 0.15) is 21.3 Å². The van der Waals surface area contributed by atoms with Crippen molar-refractivity contribution in [3.63, 3.8) is 0 Å². The number of carbonyl (C=O) groups excluding carboxylic acids is 1. The largest absolute Gasteiger partial charge is 0.452 e. The summed E-state index contributed by atoms with van der Waals surface area (Å²) in [6.07, 6.45) is 0. The minimum absolute atomic E-state index is 0.0551. The molecule has 3 heterocycles. The Labute approximate surface area is 155 Å². The molecule has 0 unspecified atom stereocenters. The summed E-state index contributed by atoms with van der Waals surface area (Å²) >= 11 is 1.15. The second-order valence-electron chi connectivity index (χ2n) is 5.65. The molecular weight excluding hydrogens is 373 g/mol. The van der Waals surface area contributed by atoms with Gasteiger partial charge in [0.15, 0.2) is 5.01 Å². The van der Waals surface area contributed by atoms with Crippen LogP contribution >= 0.6 is 11.3 Å². The van der Waals surface area contributed by atoms with Gasteiger partial charge in [-0.25, -0.2) is 14.2 Å². The summed E-state index contributed by atoms with van der Waals surface area (Å²) in [6, 6.07) is 10.4. The molecule has 0 fully saturated rings. The van der Waals surface area contributed by atoms with Gasteiger partial charge in [0.1, 0.15) is 18.2 Å². The molecule has 0 aliphatic heterocycles. The number of aryl methyl sites for hydroxylation is 1. The van der Waals surface area contributed by atoms with E-state index in [2.05, 4.69) is 10.1 Å². The maximum Gasteiger partial charge on any atom is 0.374 e. The predicted octanol–water partition coefficient (Wildman–Crippen LogP) is 3.22. The fourth-order valence-electron chi connectivity index (χ4n) is 2.47. The van der Waals surface area contributed by atoms with Crippen LogP contribution in [0.4, 0.5) is 4.39 Å². The number of halogens is 1. The van der Waals surface area contributed by atoms with Crippen LogP contribution in [0, 0.1) is 12.7 Å². The molecule has 0 N–H and O–H groups in total. The lowest BCUT2D eigenvalue weighted by Gasteiger charge is -2.00. The molecule has 0 amide bonds. The molecule has 0 spiro atoms. The first-order valence-electron chi connectivity index (χ1n) is 7.89. The third-order valence-corrected chi connectivity index (χ3v) is 4.57. The number of benzene rings is 1. The number of rotatable bonds is 4. The monoisotopic (exact) mass is 385 g/mol. The normalized spacial score (nSPS) is 11.0. The van der Waals surface area contributed by atoms with Crippen LogP contribution in [0.25, 0.3) is 16.3 Å². The van der Waals surface area contributed by atoms with Crippen molar-refractivity contribution in [2.45, 2.75) is 13.5 Å². The van der Waals surface area contributed by atoms with Gasteiger partial charge in [-0.15, -0.1) is 0 Å². The van der Waals surface area contributed by atoms with Crippen LogP contribution in [0.3, 0.4) is 0 Å². The van der Waals surface area contributed by atoms with Crippen LogP contribution in [-0.4, -0.2) is 20.6 Å². The Hall–Kier alpha value is -3.33. The van der Waals surface area contributed by atoms with Gasteiger partial charge in [-0.2, -0.15) is 9.61 Å². The maximum absolute atomic E-state index is 13.8. The first-order chi connectivity index (χ1) is 13.0. The molecule has 0 aliphatic carbocycles. The predicted molar refractivity (Wildman–Crippen MR) is 95.1 cm³/mol. The van der Waals surface area contributed by atoms with Crippen molar-refractivity contribution in [1.29, 1.82) is 0 Å². The number of furan rings is 1. The third kappa shape index (κ3) is 3.36. The Balaban J connectivity index is 1.50. The van der Waals surface area contributed by atoms with Gasteiger partial charge >= 0.3 is 5.97 Å². The molecule has 136 valence electrons.